The number of benzene rings is 2. The summed E-state index contributed by atoms with van der Waals surface area (Å²) in [5.41, 5.74) is 0.681. The van der Waals surface area contributed by atoms with Crippen molar-refractivity contribution in [2.45, 2.75) is 0 Å². The van der Waals surface area contributed by atoms with Crippen LogP contribution in [0.1, 0.15) is 10.4 Å². The molecule has 98 valence electrons. The van der Waals surface area contributed by atoms with Gasteiger partial charge in [-0.15, -0.1) is 0 Å². The molecule has 2 nitrogen and oxygen atoms in total. The van der Waals surface area contributed by atoms with Gasteiger partial charge in [0.2, 0.25) is 0 Å². The molecule has 0 aromatic heterocycles. The van der Waals surface area contributed by atoms with E-state index in [1.165, 1.54) is 0 Å². The number of carbonyl (C=O) groups is 1. The van der Waals surface area contributed by atoms with Crippen LogP contribution in [0.5, 0.6) is 0 Å². The summed E-state index contributed by atoms with van der Waals surface area (Å²) >= 11 is 23.7. The second-order valence-corrected chi connectivity index (χ2v) is 5.23. The summed E-state index contributed by atoms with van der Waals surface area (Å²) in [6.07, 6.45) is 0. The van der Waals surface area contributed by atoms with Gasteiger partial charge in [0.1, 0.15) is 0 Å². The van der Waals surface area contributed by atoms with E-state index in [1.54, 1.807) is 36.4 Å². The third-order valence-corrected chi connectivity index (χ3v) is 4.03. The first-order valence-corrected chi connectivity index (χ1v) is 6.71. The minimum atomic E-state index is -0.406. The summed E-state index contributed by atoms with van der Waals surface area (Å²) in [7, 11) is 0. The highest BCUT2D eigenvalue weighted by Crippen LogP contribution is 2.31. The van der Waals surface area contributed by atoms with Gasteiger partial charge >= 0.3 is 0 Å². The zero-order valence-electron chi connectivity index (χ0n) is 9.38. The van der Waals surface area contributed by atoms with Crippen molar-refractivity contribution in [2.24, 2.45) is 0 Å². The first kappa shape index (κ1) is 14.5. The smallest absolute Gasteiger partial charge is 0.257 e. The molecular weight excluding hydrogens is 328 g/mol. The van der Waals surface area contributed by atoms with Crippen LogP contribution in [0.3, 0.4) is 0 Å². The second-order valence-electron chi connectivity index (χ2n) is 3.66. The third-order valence-electron chi connectivity index (χ3n) is 2.40. The molecule has 0 atom stereocenters. The predicted molar refractivity (Wildman–Crippen MR) is 80.9 cm³/mol. The van der Waals surface area contributed by atoms with E-state index in [-0.39, 0.29) is 15.6 Å². The summed E-state index contributed by atoms with van der Waals surface area (Å²) in [6, 6.07) is 9.78. The van der Waals surface area contributed by atoms with Crippen molar-refractivity contribution in [2.75, 3.05) is 5.32 Å². The average molecular weight is 335 g/mol. The van der Waals surface area contributed by atoms with E-state index in [0.717, 1.165) is 0 Å². The van der Waals surface area contributed by atoms with E-state index >= 15 is 0 Å². The van der Waals surface area contributed by atoms with Gasteiger partial charge in [-0.25, -0.2) is 0 Å². The van der Waals surface area contributed by atoms with E-state index in [0.29, 0.717) is 15.7 Å². The molecule has 0 bridgehead atoms. The standard InChI is InChI=1S/C13H7Cl4NO/c14-8-4-1-3-7(11(8)16)13(19)18-10-6-2-5-9(15)12(10)17/h1-6H,(H,18,19). The lowest BCUT2D eigenvalue weighted by Crippen LogP contribution is -2.12. The maximum absolute atomic E-state index is 12.1. The van der Waals surface area contributed by atoms with Crippen LogP contribution in [0.15, 0.2) is 36.4 Å². The molecular formula is C13H7Cl4NO. The van der Waals surface area contributed by atoms with Gasteiger partial charge in [0.05, 0.1) is 31.3 Å². The molecule has 1 amide bonds. The fourth-order valence-electron chi connectivity index (χ4n) is 1.47. The Hall–Kier alpha value is -0.930. The number of anilines is 1. The third kappa shape index (κ3) is 3.15. The molecule has 0 radical (unpaired) electrons. The van der Waals surface area contributed by atoms with Crippen molar-refractivity contribution in [1.29, 1.82) is 0 Å². The normalized spacial score (nSPS) is 10.3. The van der Waals surface area contributed by atoms with Crippen LogP contribution in [0.25, 0.3) is 0 Å². The van der Waals surface area contributed by atoms with Crippen molar-refractivity contribution in [3.8, 4) is 0 Å². The van der Waals surface area contributed by atoms with E-state index in [9.17, 15) is 4.79 Å². The Kier molecular flexibility index (Phi) is 4.58. The molecule has 6 heteroatoms. The molecule has 0 fully saturated rings. The van der Waals surface area contributed by atoms with Crippen molar-refractivity contribution >= 4 is 58.0 Å². The van der Waals surface area contributed by atoms with E-state index < -0.39 is 5.91 Å². The van der Waals surface area contributed by atoms with Gasteiger partial charge in [0.25, 0.3) is 5.91 Å². The van der Waals surface area contributed by atoms with Crippen LogP contribution in [-0.2, 0) is 0 Å². The fraction of sp³-hybridized carbons (Fsp3) is 0. The zero-order valence-corrected chi connectivity index (χ0v) is 12.4. The maximum Gasteiger partial charge on any atom is 0.257 e. The lowest BCUT2D eigenvalue weighted by atomic mass is 10.2. The second kappa shape index (κ2) is 6.02. The first-order valence-electron chi connectivity index (χ1n) is 5.20. The van der Waals surface area contributed by atoms with Crippen LogP contribution in [-0.4, -0.2) is 5.91 Å². The summed E-state index contributed by atoms with van der Waals surface area (Å²) in [5, 5.41) is 3.77. The summed E-state index contributed by atoms with van der Waals surface area (Å²) in [6.45, 7) is 0. The Morgan fingerprint density at radius 3 is 2.11 bits per heavy atom. The Labute approximate surface area is 130 Å². The highest BCUT2D eigenvalue weighted by atomic mass is 35.5. The minimum Gasteiger partial charge on any atom is -0.321 e. The number of rotatable bonds is 2. The molecule has 0 aliphatic heterocycles. The van der Waals surface area contributed by atoms with Crippen molar-refractivity contribution in [3.05, 3.63) is 62.1 Å². The van der Waals surface area contributed by atoms with Gasteiger partial charge in [0, 0.05) is 0 Å². The van der Waals surface area contributed by atoms with Gasteiger partial charge in [-0.1, -0.05) is 58.5 Å². The van der Waals surface area contributed by atoms with Crippen LogP contribution in [0, 0.1) is 0 Å². The topological polar surface area (TPSA) is 29.1 Å². The van der Waals surface area contributed by atoms with E-state index in [2.05, 4.69) is 5.32 Å². The SMILES string of the molecule is O=C(Nc1cccc(Cl)c1Cl)c1cccc(Cl)c1Cl. The fourth-order valence-corrected chi connectivity index (χ4v) is 2.20. The first-order chi connectivity index (χ1) is 9.00. The minimum absolute atomic E-state index is 0.194. The molecule has 0 heterocycles. The molecule has 0 saturated carbocycles. The highest BCUT2D eigenvalue weighted by Gasteiger charge is 2.14. The van der Waals surface area contributed by atoms with Gasteiger partial charge < -0.3 is 5.32 Å². The molecule has 19 heavy (non-hydrogen) atoms. The quantitative estimate of drug-likeness (QED) is 0.766. The number of nitrogens with one attached hydrogen (secondary N) is 1. The molecule has 2 aromatic rings. The van der Waals surface area contributed by atoms with Crippen LogP contribution < -0.4 is 5.32 Å². The Balaban J connectivity index is 2.31. The lowest BCUT2D eigenvalue weighted by molar-refractivity contribution is 0.102. The molecule has 0 unspecified atom stereocenters. The number of hydrogen-bond acceptors (Lipinski definition) is 1. The predicted octanol–water partition coefficient (Wildman–Crippen LogP) is 5.55. The Morgan fingerprint density at radius 2 is 1.42 bits per heavy atom. The van der Waals surface area contributed by atoms with Crippen LogP contribution in [0.2, 0.25) is 20.1 Å². The van der Waals surface area contributed by atoms with Crippen LogP contribution >= 0.6 is 46.4 Å². The number of halogens is 4. The van der Waals surface area contributed by atoms with Crippen molar-refractivity contribution < 1.29 is 4.79 Å². The van der Waals surface area contributed by atoms with Gasteiger partial charge in [0.15, 0.2) is 0 Å². The molecule has 2 rings (SSSR count). The summed E-state index contributed by atoms with van der Waals surface area (Å²) in [4.78, 5) is 12.1. The largest absolute Gasteiger partial charge is 0.321 e. The molecule has 0 spiro atoms. The van der Waals surface area contributed by atoms with Gasteiger partial charge in [-0.05, 0) is 24.3 Å². The van der Waals surface area contributed by atoms with E-state index in [1.807, 2.05) is 0 Å². The monoisotopic (exact) mass is 333 g/mol. The molecule has 0 saturated heterocycles. The number of hydrogen-bond donors (Lipinski definition) is 1. The molecule has 2 aromatic carbocycles. The molecule has 1 N–H and O–H groups in total. The average Bonchev–Trinajstić information content (AvgIpc) is 2.38. The van der Waals surface area contributed by atoms with E-state index in [4.69, 9.17) is 46.4 Å². The Bertz CT molecular complexity index is 643. The van der Waals surface area contributed by atoms with Crippen molar-refractivity contribution in [1.82, 2.24) is 0 Å². The van der Waals surface area contributed by atoms with Gasteiger partial charge in [-0.2, -0.15) is 0 Å². The maximum atomic E-state index is 12.1. The number of carbonyl (C=O) groups excluding carboxylic acids is 1. The zero-order chi connectivity index (χ0) is 14.0. The highest BCUT2D eigenvalue weighted by molar-refractivity contribution is 6.45. The summed E-state index contributed by atoms with van der Waals surface area (Å²) < 4.78 is 0. The number of amides is 1. The molecule has 0 aliphatic carbocycles. The molecule has 0 aliphatic rings. The lowest BCUT2D eigenvalue weighted by Gasteiger charge is -2.09. The van der Waals surface area contributed by atoms with Gasteiger partial charge in [-0.3, -0.25) is 4.79 Å². The van der Waals surface area contributed by atoms with Crippen LogP contribution in [0.4, 0.5) is 5.69 Å². The van der Waals surface area contributed by atoms with Crippen molar-refractivity contribution in [3.63, 3.8) is 0 Å². The summed E-state index contributed by atoms with van der Waals surface area (Å²) in [5.74, 6) is -0.406. The Morgan fingerprint density at radius 1 is 0.842 bits per heavy atom.